The van der Waals surface area contributed by atoms with Gasteiger partial charge in [0.2, 0.25) is 0 Å². The van der Waals surface area contributed by atoms with Crippen molar-refractivity contribution in [2.45, 2.75) is 0 Å². The van der Waals surface area contributed by atoms with E-state index in [4.69, 9.17) is 8.83 Å². The van der Waals surface area contributed by atoms with Crippen LogP contribution in [0.2, 0.25) is 0 Å². The summed E-state index contributed by atoms with van der Waals surface area (Å²) >= 11 is 0. The summed E-state index contributed by atoms with van der Waals surface area (Å²) in [5.41, 5.74) is 17.7. The fourth-order valence-corrected chi connectivity index (χ4v) is 9.19. The fourth-order valence-electron chi connectivity index (χ4n) is 9.19. The Bertz CT molecular complexity index is 3480. The van der Waals surface area contributed by atoms with Gasteiger partial charge in [0.05, 0.1) is 11.1 Å². The van der Waals surface area contributed by atoms with Gasteiger partial charge in [0.1, 0.15) is 22.3 Å². The van der Waals surface area contributed by atoms with Crippen molar-refractivity contribution in [2.75, 3.05) is 4.90 Å². The lowest BCUT2D eigenvalue weighted by Crippen LogP contribution is -2.10. The van der Waals surface area contributed by atoms with Gasteiger partial charge in [-0.1, -0.05) is 176 Å². The van der Waals surface area contributed by atoms with E-state index in [0.717, 1.165) is 105 Å². The molecule has 2 heterocycles. The van der Waals surface area contributed by atoms with Crippen LogP contribution in [0.4, 0.5) is 17.1 Å². The molecule has 0 saturated carbocycles. The average Bonchev–Trinajstić information content (AvgIpc) is 3.91. The smallest absolute Gasteiger partial charge is 0.138 e. The summed E-state index contributed by atoms with van der Waals surface area (Å²) in [6, 6.07) is 83.9. The normalized spacial score (nSPS) is 11.5. The van der Waals surface area contributed by atoms with Crippen molar-refractivity contribution in [2.24, 2.45) is 0 Å². The van der Waals surface area contributed by atoms with Crippen LogP contribution in [-0.2, 0) is 0 Å². The SMILES string of the molecule is c1ccc(-c2ccc(N(c3ccc(-c4ccccc4)cc3)c3cc(-c4ccccc4)cc4oc5cc6c(cc5c34)oc3cc(-c4ccccc4)cc(-c4ccccc4)c36)cc2)cc1. The third-order valence-electron chi connectivity index (χ3n) is 12.2. The van der Waals surface area contributed by atoms with E-state index >= 15 is 0 Å². The third-order valence-corrected chi connectivity index (χ3v) is 12.2. The number of fused-ring (bicyclic) bond motifs is 6. The van der Waals surface area contributed by atoms with Gasteiger partial charge in [0, 0.05) is 27.5 Å². The molecular weight excluding hydrogens is 767 g/mol. The van der Waals surface area contributed by atoms with Crippen LogP contribution in [0.5, 0.6) is 0 Å². The van der Waals surface area contributed by atoms with E-state index < -0.39 is 0 Å². The lowest BCUT2D eigenvalue weighted by Gasteiger charge is -2.27. The van der Waals surface area contributed by atoms with Gasteiger partial charge in [0.25, 0.3) is 0 Å². The van der Waals surface area contributed by atoms with Crippen LogP contribution in [0.15, 0.2) is 245 Å². The quantitative estimate of drug-likeness (QED) is 0.153. The Hall–Kier alpha value is -8.40. The zero-order chi connectivity index (χ0) is 41.7. The number of furan rings is 2. The van der Waals surface area contributed by atoms with Crippen molar-refractivity contribution in [3.8, 4) is 55.6 Å². The second kappa shape index (κ2) is 15.3. The Morgan fingerprint density at radius 1 is 0.254 bits per heavy atom. The van der Waals surface area contributed by atoms with Crippen molar-refractivity contribution in [3.05, 3.63) is 237 Å². The van der Waals surface area contributed by atoms with Gasteiger partial charge in [-0.15, -0.1) is 0 Å². The molecule has 0 radical (unpaired) electrons. The first-order valence-electron chi connectivity index (χ1n) is 21.4. The molecule has 3 nitrogen and oxygen atoms in total. The van der Waals surface area contributed by atoms with Crippen molar-refractivity contribution in [1.82, 2.24) is 0 Å². The highest BCUT2D eigenvalue weighted by molar-refractivity contribution is 6.21. The Balaban J connectivity index is 1.11. The van der Waals surface area contributed by atoms with Crippen molar-refractivity contribution >= 4 is 60.9 Å². The summed E-state index contributed by atoms with van der Waals surface area (Å²) in [4.78, 5) is 2.37. The minimum atomic E-state index is 0.802. The summed E-state index contributed by atoms with van der Waals surface area (Å²) in [5.74, 6) is 0. The van der Waals surface area contributed by atoms with Gasteiger partial charge in [-0.3, -0.25) is 0 Å². The maximum Gasteiger partial charge on any atom is 0.138 e. The lowest BCUT2D eigenvalue weighted by atomic mass is 9.94. The van der Waals surface area contributed by atoms with Gasteiger partial charge >= 0.3 is 0 Å². The van der Waals surface area contributed by atoms with Crippen LogP contribution in [0, 0.1) is 0 Å². The highest BCUT2D eigenvalue weighted by Gasteiger charge is 2.24. The minimum absolute atomic E-state index is 0.802. The Kier molecular flexibility index (Phi) is 8.83. The summed E-state index contributed by atoms with van der Waals surface area (Å²) in [6.45, 7) is 0. The molecule has 0 aliphatic heterocycles. The molecule has 0 aliphatic rings. The van der Waals surface area contributed by atoms with E-state index in [1.807, 2.05) is 0 Å². The van der Waals surface area contributed by atoms with Crippen LogP contribution in [0.3, 0.4) is 0 Å². The summed E-state index contributed by atoms with van der Waals surface area (Å²) in [6.07, 6.45) is 0. The van der Waals surface area contributed by atoms with Crippen LogP contribution in [0.1, 0.15) is 0 Å². The molecule has 63 heavy (non-hydrogen) atoms. The van der Waals surface area contributed by atoms with Gasteiger partial charge in [-0.2, -0.15) is 0 Å². The van der Waals surface area contributed by atoms with Gasteiger partial charge in [0.15, 0.2) is 0 Å². The number of hydrogen-bond acceptors (Lipinski definition) is 3. The number of hydrogen-bond donors (Lipinski definition) is 0. The van der Waals surface area contributed by atoms with Crippen molar-refractivity contribution in [1.29, 1.82) is 0 Å². The van der Waals surface area contributed by atoms with Gasteiger partial charge < -0.3 is 13.7 Å². The predicted octanol–water partition coefficient (Wildman–Crippen LogP) is 17.3. The molecule has 0 amide bonds. The zero-order valence-corrected chi connectivity index (χ0v) is 34.3. The van der Waals surface area contributed by atoms with E-state index in [2.05, 4.69) is 241 Å². The van der Waals surface area contributed by atoms with Crippen molar-refractivity contribution < 1.29 is 8.83 Å². The minimum Gasteiger partial charge on any atom is -0.456 e. The highest BCUT2D eigenvalue weighted by Crippen LogP contribution is 2.48. The molecule has 12 aromatic rings. The van der Waals surface area contributed by atoms with E-state index in [0.29, 0.717) is 0 Å². The number of benzene rings is 10. The molecule has 12 rings (SSSR count). The van der Waals surface area contributed by atoms with E-state index in [1.165, 1.54) is 11.1 Å². The molecule has 0 unspecified atom stereocenters. The third kappa shape index (κ3) is 6.55. The van der Waals surface area contributed by atoms with Gasteiger partial charge in [-0.25, -0.2) is 0 Å². The summed E-state index contributed by atoms with van der Waals surface area (Å²) in [7, 11) is 0. The molecule has 0 bridgehead atoms. The first kappa shape index (κ1) is 36.5. The second-order valence-corrected chi connectivity index (χ2v) is 16.1. The van der Waals surface area contributed by atoms with Crippen LogP contribution < -0.4 is 4.90 Å². The summed E-state index contributed by atoms with van der Waals surface area (Å²) in [5, 5.41) is 4.09. The average molecular weight is 806 g/mol. The van der Waals surface area contributed by atoms with E-state index in [1.54, 1.807) is 0 Å². The Morgan fingerprint density at radius 2 is 0.603 bits per heavy atom. The lowest BCUT2D eigenvalue weighted by molar-refractivity contribution is 0.664. The largest absolute Gasteiger partial charge is 0.456 e. The molecule has 2 aromatic heterocycles. The highest BCUT2D eigenvalue weighted by atomic mass is 16.3. The molecular formula is C60H39NO2. The molecule has 0 aliphatic carbocycles. The number of nitrogens with zero attached hydrogens (tertiary/aromatic N) is 1. The second-order valence-electron chi connectivity index (χ2n) is 16.1. The zero-order valence-electron chi connectivity index (χ0n) is 34.3. The number of anilines is 3. The Labute approximate surface area is 365 Å². The van der Waals surface area contributed by atoms with Crippen LogP contribution in [0.25, 0.3) is 99.5 Å². The molecule has 0 fully saturated rings. The summed E-state index contributed by atoms with van der Waals surface area (Å²) < 4.78 is 13.9. The van der Waals surface area contributed by atoms with E-state index in [9.17, 15) is 0 Å². The molecule has 0 spiro atoms. The molecule has 3 heteroatoms. The van der Waals surface area contributed by atoms with Gasteiger partial charge in [-0.05, 0) is 116 Å². The maximum absolute atomic E-state index is 7.03. The fraction of sp³-hybridized carbons (Fsp3) is 0. The first-order chi connectivity index (χ1) is 31.2. The molecule has 0 atom stereocenters. The maximum atomic E-state index is 7.03. The molecule has 10 aromatic carbocycles. The topological polar surface area (TPSA) is 29.5 Å². The van der Waals surface area contributed by atoms with Crippen LogP contribution in [-0.4, -0.2) is 0 Å². The predicted molar refractivity (Wildman–Crippen MR) is 263 cm³/mol. The standard InChI is InChI=1S/C60H39NO2/c1-6-16-40(17-7-1)44-26-30-49(31-27-44)61(50-32-28-45(29-33-50)41-18-8-2-9-19-41)54-35-48(43-22-12-4-13-23-43)37-58-60(54)53-39-55-52(38-56(53)63-58)59-51(46-24-14-5-15-25-46)34-47(36-57(59)62-55)42-20-10-3-11-21-42/h1-39H. The first-order valence-corrected chi connectivity index (χ1v) is 21.4. The monoisotopic (exact) mass is 805 g/mol. The molecule has 0 N–H and O–H groups in total. The van der Waals surface area contributed by atoms with E-state index in [-0.39, 0.29) is 0 Å². The number of rotatable bonds is 8. The molecule has 0 saturated heterocycles. The van der Waals surface area contributed by atoms with Crippen LogP contribution >= 0.6 is 0 Å². The molecule has 296 valence electrons. The van der Waals surface area contributed by atoms with Crippen molar-refractivity contribution in [3.63, 3.8) is 0 Å². The Morgan fingerprint density at radius 3 is 1.05 bits per heavy atom.